The molecule has 0 radical (unpaired) electrons. The number of fused-ring (bicyclic) bond motifs is 2. The first-order valence-corrected chi connectivity index (χ1v) is 6.93. The van der Waals surface area contributed by atoms with Crippen molar-refractivity contribution in [1.29, 1.82) is 0 Å². The van der Waals surface area contributed by atoms with Crippen molar-refractivity contribution in [1.82, 2.24) is 24.8 Å². The highest BCUT2D eigenvalue weighted by molar-refractivity contribution is 6.35. The molecule has 0 saturated carbocycles. The second-order valence-electron chi connectivity index (χ2n) is 4.79. The fourth-order valence-corrected chi connectivity index (χ4v) is 2.68. The second-order valence-corrected chi connectivity index (χ2v) is 5.17. The molecule has 9 heteroatoms. The van der Waals surface area contributed by atoms with Gasteiger partial charge >= 0.3 is 0 Å². The van der Waals surface area contributed by atoms with Gasteiger partial charge in [-0.2, -0.15) is 10.2 Å². The summed E-state index contributed by atoms with van der Waals surface area (Å²) in [5.41, 5.74) is 1.96. The molecule has 3 heterocycles. The van der Waals surface area contributed by atoms with Gasteiger partial charge in [0.05, 0.1) is 28.6 Å². The highest BCUT2D eigenvalue weighted by Crippen LogP contribution is 2.35. The van der Waals surface area contributed by atoms with Crippen LogP contribution >= 0.6 is 11.6 Å². The highest BCUT2D eigenvalue weighted by Gasteiger charge is 2.17. The quantitative estimate of drug-likeness (QED) is 0.565. The largest absolute Gasteiger partial charge is 0.312 e. The number of imidazole rings is 1. The van der Waals surface area contributed by atoms with E-state index in [0.717, 1.165) is 0 Å². The van der Waals surface area contributed by atoms with Crippen LogP contribution in [-0.4, -0.2) is 31.2 Å². The smallest absolute Gasteiger partial charge is 0.212 e. The average Bonchev–Trinajstić information content (AvgIpc) is 3.14. The average molecular weight is 331 g/mol. The summed E-state index contributed by atoms with van der Waals surface area (Å²) >= 11 is 6.13. The predicted octanol–water partition coefficient (Wildman–Crippen LogP) is 2.63. The molecule has 0 aliphatic carbocycles. The zero-order valence-electron chi connectivity index (χ0n) is 11.4. The first kappa shape index (κ1) is 13.6. The normalized spacial score (nSPS) is 11.2. The Morgan fingerprint density at radius 2 is 2.26 bits per heavy atom. The Morgan fingerprint density at radius 3 is 3.09 bits per heavy atom. The van der Waals surface area contributed by atoms with Crippen molar-refractivity contribution in [3.63, 3.8) is 0 Å². The van der Waals surface area contributed by atoms with E-state index in [2.05, 4.69) is 25.6 Å². The van der Waals surface area contributed by atoms with Gasteiger partial charge in [0.25, 0.3) is 0 Å². The van der Waals surface area contributed by atoms with Gasteiger partial charge in [0.15, 0.2) is 11.5 Å². The summed E-state index contributed by atoms with van der Waals surface area (Å²) in [6, 6.07) is 4.67. The number of amides is 1. The van der Waals surface area contributed by atoms with Crippen LogP contribution in [0, 0.1) is 5.82 Å². The number of H-pyrrole nitrogens is 1. The van der Waals surface area contributed by atoms with Crippen LogP contribution in [-0.2, 0) is 4.79 Å². The van der Waals surface area contributed by atoms with E-state index in [1.165, 1.54) is 10.6 Å². The van der Waals surface area contributed by atoms with Crippen molar-refractivity contribution in [2.45, 2.75) is 0 Å². The van der Waals surface area contributed by atoms with Gasteiger partial charge in [-0.25, -0.2) is 13.9 Å². The lowest BCUT2D eigenvalue weighted by Crippen LogP contribution is -1.95. The first-order chi connectivity index (χ1) is 11.2. The topological polar surface area (TPSA) is 88.0 Å². The lowest BCUT2D eigenvalue weighted by atomic mass is 10.1. The standard InChI is InChI=1S/C14H8ClFN6O/c15-14-8(16)3-10-7(4-18-20-10)13(14)9-1-2-12-19-11(17-6-23)5-22(12)21-9/h1-6H,(H,17,23)(H,18,20). The Morgan fingerprint density at radius 1 is 1.39 bits per heavy atom. The minimum Gasteiger partial charge on any atom is -0.312 e. The molecule has 4 aromatic rings. The van der Waals surface area contributed by atoms with Gasteiger partial charge in [-0.1, -0.05) is 11.6 Å². The Bertz CT molecular complexity index is 1060. The Hall–Kier alpha value is -3.00. The number of nitrogens with one attached hydrogen (secondary N) is 2. The predicted molar refractivity (Wildman–Crippen MR) is 82.7 cm³/mol. The summed E-state index contributed by atoms with van der Waals surface area (Å²) in [6.07, 6.45) is 3.64. The van der Waals surface area contributed by atoms with E-state index < -0.39 is 5.82 Å². The zero-order chi connectivity index (χ0) is 16.0. The molecule has 114 valence electrons. The van der Waals surface area contributed by atoms with Gasteiger partial charge in [-0.15, -0.1) is 0 Å². The Labute approximate surface area is 133 Å². The maximum absolute atomic E-state index is 14.0. The fourth-order valence-electron chi connectivity index (χ4n) is 2.43. The number of hydrogen-bond acceptors (Lipinski definition) is 4. The molecule has 0 aliphatic rings. The molecule has 3 aromatic heterocycles. The second kappa shape index (κ2) is 5.03. The molecule has 1 aromatic carbocycles. The molecular formula is C14H8ClFN6O. The zero-order valence-corrected chi connectivity index (χ0v) is 12.2. The molecule has 23 heavy (non-hydrogen) atoms. The molecule has 7 nitrogen and oxygen atoms in total. The number of carbonyl (C=O) groups excluding carboxylic acids is 1. The fraction of sp³-hybridized carbons (Fsp3) is 0. The molecule has 1 amide bonds. The first-order valence-electron chi connectivity index (χ1n) is 6.55. The monoisotopic (exact) mass is 330 g/mol. The number of anilines is 1. The Kier molecular flexibility index (Phi) is 2.98. The minimum atomic E-state index is -0.561. The van der Waals surface area contributed by atoms with E-state index in [-0.39, 0.29) is 5.02 Å². The van der Waals surface area contributed by atoms with Crippen molar-refractivity contribution < 1.29 is 9.18 Å². The third-order valence-corrected chi connectivity index (χ3v) is 3.79. The maximum Gasteiger partial charge on any atom is 0.212 e. The molecule has 0 bridgehead atoms. The molecule has 0 spiro atoms. The van der Waals surface area contributed by atoms with Crippen LogP contribution in [0.2, 0.25) is 5.02 Å². The Balaban J connectivity index is 1.96. The van der Waals surface area contributed by atoms with Crippen molar-refractivity contribution in [3.05, 3.63) is 41.4 Å². The lowest BCUT2D eigenvalue weighted by molar-refractivity contribution is -0.105. The molecule has 4 rings (SSSR count). The third kappa shape index (κ3) is 2.11. The van der Waals surface area contributed by atoms with Crippen LogP contribution in [0.25, 0.3) is 27.8 Å². The minimum absolute atomic E-state index is 0.0305. The number of benzene rings is 1. The SMILES string of the molecule is O=CNc1cn2nc(-c3c(Cl)c(F)cc4[nH]ncc34)ccc2n1. The molecule has 0 fully saturated rings. The van der Waals surface area contributed by atoms with Gasteiger partial charge in [-0.05, 0) is 12.1 Å². The number of carbonyl (C=O) groups is 1. The van der Waals surface area contributed by atoms with E-state index in [1.807, 2.05) is 0 Å². The van der Waals surface area contributed by atoms with Gasteiger partial charge in [0.1, 0.15) is 5.82 Å². The van der Waals surface area contributed by atoms with Crippen molar-refractivity contribution >= 4 is 40.4 Å². The van der Waals surface area contributed by atoms with Crippen LogP contribution in [0.3, 0.4) is 0 Å². The van der Waals surface area contributed by atoms with Gasteiger partial charge in [-0.3, -0.25) is 9.89 Å². The number of rotatable bonds is 3. The van der Waals surface area contributed by atoms with E-state index >= 15 is 0 Å². The number of hydrogen-bond donors (Lipinski definition) is 2. The molecule has 0 saturated heterocycles. The summed E-state index contributed by atoms with van der Waals surface area (Å²) in [5.74, 6) is -0.197. The van der Waals surface area contributed by atoms with Gasteiger partial charge in [0, 0.05) is 17.0 Å². The lowest BCUT2D eigenvalue weighted by Gasteiger charge is -2.06. The summed E-state index contributed by atoms with van der Waals surface area (Å²) in [5, 5.41) is 14.1. The van der Waals surface area contributed by atoms with E-state index in [9.17, 15) is 9.18 Å². The van der Waals surface area contributed by atoms with Gasteiger partial charge < -0.3 is 5.32 Å². The summed E-state index contributed by atoms with van der Waals surface area (Å²) in [4.78, 5) is 14.7. The van der Waals surface area contributed by atoms with Crippen LogP contribution < -0.4 is 5.32 Å². The number of halogens is 2. The molecule has 0 aliphatic heterocycles. The molecule has 2 N–H and O–H groups in total. The third-order valence-electron chi connectivity index (χ3n) is 3.42. The van der Waals surface area contributed by atoms with Crippen molar-refractivity contribution in [2.75, 3.05) is 5.32 Å². The van der Waals surface area contributed by atoms with Crippen LogP contribution in [0.1, 0.15) is 0 Å². The molecule has 0 atom stereocenters. The molecule has 0 unspecified atom stereocenters. The van der Waals surface area contributed by atoms with Crippen molar-refractivity contribution in [2.24, 2.45) is 0 Å². The van der Waals surface area contributed by atoms with E-state index in [1.54, 1.807) is 24.5 Å². The van der Waals surface area contributed by atoms with E-state index in [4.69, 9.17) is 11.6 Å². The van der Waals surface area contributed by atoms with Crippen LogP contribution in [0.5, 0.6) is 0 Å². The summed E-state index contributed by atoms with van der Waals surface area (Å²) in [7, 11) is 0. The summed E-state index contributed by atoms with van der Waals surface area (Å²) < 4.78 is 15.5. The van der Waals surface area contributed by atoms with Gasteiger partial charge in [0.2, 0.25) is 6.41 Å². The highest BCUT2D eigenvalue weighted by atomic mass is 35.5. The van der Waals surface area contributed by atoms with Crippen molar-refractivity contribution in [3.8, 4) is 11.3 Å². The number of aromatic amines is 1. The number of nitrogens with zero attached hydrogens (tertiary/aromatic N) is 4. The van der Waals surface area contributed by atoms with Crippen LogP contribution in [0.4, 0.5) is 10.2 Å². The maximum atomic E-state index is 14.0. The number of aromatic nitrogens is 5. The van der Waals surface area contributed by atoms with Crippen LogP contribution in [0.15, 0.2) is 30.6 Å². The molecular weight excluding hydrogens is 323 g/mol. The van der Waals surface area contributed by atoms with E-state index in [0.29, 0.717) is 40.0 Å². The summed E-state index contributed by atoms with van der Waals surface area (Å²) in [6.45, 7) is 0.